The van der Waals surface area contributed by atoms with Gasteiger partial charge < -0.3 is 4.74 Å². The average molecular weight is 352 g/mol. The van der Waals surface area contributed by atoms with Gasteiger partial charge in [0, 0.05) is 6.54 Å². The summed E-state index contributed by atoms with van der Waals surface area (Å²) in [5.74, 6) is -0.661. The number of esters is 1. The molecule has 0 bridgehead atoms. The highest BCUT2D eigenvalue weighted by Crippen LogP contribution is 2.31. The molecule has 0 aliphatic carbocycles. The standard InChI is InChI=1S/C13H15Cl2NO4S/c1-3-8-16(9-12(17)20-4-2)21(18,19)13-10(14)6-5-7-11(13)15/h3,5-7H,1,4,8-9H2,2H3. The summed E-state index contributed by atoms with van der Waals surface area (Å²) < 4.78 is 30.9. The summed E-state index contributed by atoms with van der Waals surface area (Å²) in [5.41, 5.74) is 0. The van der Waals surface area contributed by atoms with E-state index in [2.05, 4.69) is 6.58 Å². The zero-order valence-electron chi connectivity index (χ0n) is 11.4. The van der Waals surface area contributed by atoms with Crippen LogP contribution in [0.15, 0.2) is 35.7 Å². The molecule has 0 fully saturated rings. The number of sulfonamides is 1. The molecule has 8 heteroatoms. The molecule has 0 spiro atoms. The molecular formula is C13H15Cl2NO4S. The van der Waals surface area contributed by atoms with E-state index in [1.807, 2.05) is 0 Å². The first kappa shape index (κ1) is 18.0. The van der Waals surface area contributed by atoms with Crippen molar-refractivity contribution < 1.29 is 17.9 Å². The second kappa shape index (κ2) is 7.79. The van der Waals surface area contributed by atoms with Crippen LogP contribution in [0, 0.1) is 0 Å². The monoisotopic (exact) mass is 351 g/mol. The number of hydrogen-bond acceptors (Lipinski definition) is 4. The van der Waals surface area contributed by atoms with Gasteiger partial charge in [-0.1, -0.05) is 35.3 Å². The van der Waals surface area contributed by atoms with Crippen LogP contribution in [0.1, 0.15) is 6.92 Å². The van der Waals surface area contributed by atoms with E-state index in [0.29, 0.717) is 0 Å². The molecular weight excluding hydrogens is 337 g/mol. The van der Waals surface area contributed by atoms with Crippen molar-refractivity contribution in [1.29, 1.82) is 0 Å². The van der Waals surface area contributed by atoms with Crippen molar-refractivity contribution in [2.45, 2.75) is 11.8 Å². The molecule has 0 unspecified atom stereocenters. The lowest BCUT2D eigenvalue weighted by molar-refractivity contribution is -0.143. The van der Waals surface area contributed by atoms with Gasteiger partial charge in [0.15, 0.2) is 0 Å². The van der Waals surface area contributed by atoms with Crippen LogP contribution in [0.3, 0.4) is 0 Å². The van der Waals surface area contributed by atoms with Gasteiger partial charge in [-0.05, 0) is 19.1 Å². The van der Waals surface area contributed by atoms with Crippen molar-refractivity contribution >= 4 is 39.2 Å². The number of nitrogens with zero attached hydrogens (tertiary/aromatic N) is 1. The van der Waals surface area contributed by atoms with E-state index < -0.39 is 22.5 Å². The minimum absolute atomic E-state index is 0.0135. The molecule has 116 valence electrons. The summed E-state index contributed by atoms with van der Waals surface area (Å²) in [6.07, 6.45) is 1.36. The highest BCUT2D eigenvalue weighted by molar-refractivity contribution is 7.89. The van der Waals surface area contributed by atoms with Crippen molar-refractivity contribution in [3.05, 3.63) is 40.9 Å². The van der Waals surface area contributed by atoms with E-state index in [1.54, 1.807) is 6.92 Å². The Balaban J connectivity index is 3.22. The van der Waals surface area contributed by atoms with Gasteiger partial charge in [0.2, 0.25) is 10.0 Å². The zero-order chi connectivity index (χ0) is 16.0. The Hall–Kier alpha value is -1.08. The van der Waals surface area contributed by atoms with E-state index in [9.17, 15) is 13.2 Å². The van der Waals surface area contributed by atoms with Crippen LogP contribution in [-0.2, 0) is 19.6 Å². The Morgan fingerprint density at radius 1 is 1.38 bits per heavy atom. The summed E-state index contributed by atoms with van der Waals surface area (Å²) in [5, 5.41) is -0.0270. The van der Waals surface area contributed by atoms with E-state index in [0.717, 1.165) is 4.31 Å². The van der Waals surface area contributed by atoms with Crippen LogP contribution < -0.4 is 0 Å². The lowest BCUT2D eigenvalue weighted by atomic mass is 10.4. The third-order valence-corrected chi connectivity index (χ3v) is 5.23. The minimum atomic E-state index is -4.04. The number of benzene rings is 1. The van der Waals surface area contributed by atoms with Gasteiger partial charge in [0.1, 0.15) is 11.4 Å². The summed E-state index contributed by atoms with van der Waals surface area (Å²) >= 11 is 11.8. The van der Waals surface area contributed by atoms with Gasteiger partial charge >= 0.3 is 5.97 Å². The van der Waals surface area contributed by atoms with E-state index in [1.165, 1.54) is 24.3 Å². The number of ether oxygens (including phenoxy) is 1. The quantitative estimate of drug-likeness (QED) is 0.559. The van der Waals surface area contributed by atoms with Crippen molar-refractivity contribution in [3.63, 3.8) is 0 Å². The Morgan fingerprint density at radius 3 is 2.43 bits per heavy atom. The topological polar surface area (TPSA) is 63.7 Å². The molecule has 0 radical (unpaired) electrons. The maximum Gasteiger partial charge on any atom is 0.321 e. The largest absolute Gasteiger partial charge is 0.465 e. The first-order valence-corrected chi connectivity index (χ1v) is 8.24. The third-order valence-electron chi connectivity index (χ3n) is 2.46. The van der Waals surface area contributed by atoms with Crippen LogP contribution in [0.4, 0.5) is 0 Å². The van der Waals surface area contributed by atoms with E-state index in [4.69, 9.17) is 27.9 Å². The number of carbonyl (C=O) groups is 1. The molecule has 5 nitrogen and oxygen atoms in total. The van der Waals surface area contributed by atoms with Crippen molar-refractivity contribution in [2.24, 2.45) is 0 Å². The molecule has 0 saturated carbocycles. The smallest absolute Gasteiger partial charge is 0.321 e. The van der Waals surface area contributed by atoms with Gasteiger partial charge in [-0.3, -0.25) is 4.79 Å². The zero-order valence-corrected chi connectivity index (χ0v) is 13.7. The predicted molar refractivity (Wildman–Crippen MR) is 82.1 cm³/mol. The molecule has 1 aromatic carbocycles. The summed E-state index contributed by atoms with van der Waals surface area (Å²) in [4.78, 5) is 11.3. The second-order valence-electron chi connectivity index (χ2n) is 3.94. The first-order chi connectivity index (χ1) is 9.84. The summed E-state index contributed by atoms with van der Waals surface area (Å²) in [6.45, 7) is 4.77. The Bertz CT molecular complexity index is 611. The van der Waals surface area contributed by atoms with Crippen LogP contribution in [0.5, 0.6) is 0 Å². The fourth-order valence-electron chi connectivity index (χ4n) is 1.60. The lowest BCUT2D eigenvalue weighted by Crippen LogP contribution is -2.36. The Morgan fingerprint density at radius 2 is 1.95 bits per heavy atom. The maximum absolute atomic E-state index is 12.6. The molecule has 0 heterocycles. The van der Waals surface area contributed by atoms with Crippen molar-refractivity contribution in [1.82, 2.24) is 4.31 Å². The van der Waals surface area contributed by atoms with Crippen molar-refractivity contribution in [3.8, 4) is 0 Å². The molecule has 0 aliphatic heterocycles. The molecule has 0 aromatic heterocycles. The SMILES string of the molecule is C=CCN(CC(=O)OCC)S(=O)(=O)c1c(Cl)cccc1Cl. The Labute approximate surface area is 134 Å². The maximum atomic E-state index is 12.6. The van der Waals surface area contributed by atoms with Gasteiger partial charge in [0.05, 0.1) is 16.7 Å². The van der Waals surface area contributed by atoms with Crippen LogP contribution in [0.2, 0.25) is 10.0 Å². The number of hydrogen-bond donors (Lipinski definition) is 0. The summed E-state index contributed by atoms with van der Waals surface area (Å²) in [6, 6.07) is 4.36. The lowest BCUT2D eigenvalue weighted by Gasteiger charge is -2.21. The second-order valence-corrected chi connectivity index (χ2v) is 6.63. The number of carbonyl (C=O) groups excluding carboxylic acids is 1. The van der Waals surface area contributed by atoms with Gasteiger partial charge in [-0.15, -0.1) is 6.58 Å². The average Bonchev–Trinajstić information content (AvgIpc) is 2.38. The van der Waals surface area contributed by atoms with Gasteiger partial charge in [-0.2, -0.15) is 4.31 Å². The molecule has 0 atom stereocenters. The number of halogens is 2. The number of rotatable bonds is 7. The van der Waals surface area contributed by atoms with E-state index >= 15 is 0 Å². The molecule has 0 saturated heterocycles. The fourth-order valence-corrected chi connectivity index (χ4v) is 4.05. The van der Waals surface area contributed by atoms with Gasteiger partial charge in [-0.25, -0.2) is 8.42 Å². The van der Waals surface area contributed by atoms with Crippen LogP contribution in [-0.4, -0.2) is 38.4 Å². The summed E-state index contributed by atoms with van der Waals surface area (Å²) in [7, 11) is -4.04. The third kappa shape index (κ3) is 4.44. The molecule has 0 amide bonds. The first-order valence-electron chi connectivity index (χ1n) is 6.05. The highest BCUT2D eigenvalue weighted by atomic mass is 35.5. The molecule has 0 N–H and O–H groups in total. The normalized spacial score (nSPS) is 11.4. The van der Waals surface area contributed by atoms with Crippen molar-refractivity contribution in [2.75, 3.05) is 19.7 Å². The van der Waals surface area contributed by atoms with Crippen LogP contribution >= 0.6 is 23.2 Å². The van der Waals surface area contributed by atoms with Crippen LogP contribution in [0.25, 0.3) is 0 Å². The molecule has 1 rings (SSSR count). The fraction of sp³-hybridized carbons (Fsp3) is 0.308. The molecule has 1 aromatic rings. The molecule has 0 aliphatic rings. The van der Waals surface area contributed by atoms with E-state index in [-0.39, 0.29) is 28.1 Å². The predicted octanol–water partition coefficient (Wildman–Crippen LogP) is 2.73. The Kier molecular flexibility index (Phi) is 6.67. The van der Waals surface area contributed by atoms with Gasteiger partial charge in [0.25, 0.3) is 0 Å². The molecule has 21 heavy (non-hydrogen) atoms. The highest BCUT2D eigenvalue weighted by Gasteiger charge is 2.30. The minimum Gasteiger partial charge on any atom is -0.465 e.